The second-order valence-electron chi connectivity index (χ2n) is 4.63. The molecule has 1 N–H and O–H groups in total. The lowest BCUT2D eigenvalue weighted by molar-refractivity contribution is 0.341. The van der Waals surface area contributed by atoms with E-state index in [1.807, 2.05) is 6.07 Å². The number of allylic oxidation sites excluding steroid dienone is 1. The zero-order chi connectivity index (χ0) is 12.8. The minimum atomic E-state index is 0.0807. The number of benzene rings is 1. The van der Waals surface area contributed by atoms with E-state index >= 15 is 0 Å². The maximum atomic E-state index is 8.91. The first-order valence-electron chi connectivity index (χ1n) is 6.02. The van der Waals surface area contributed by atoms with E-state index in [0.29, 0.717) is 5.92 Å². The summed E-state index contributed by atoms with van der Waals surface area (Å²) in [5.74, 6) is 1.65. The van der Waals surface area contributed by atoms with Crippen LogP contribution < -0.4 is 4.74 Å². The Balaban J connectivity index is 3.16. The standard InChI is InChI=1S/C15H22O2/c1-11(2)13(6-5-9-16)14-10-12(3)7-8-15(14)17-4/h5-8,10-11,13,16H,9H2,1-4H3/b6-5+/t13-/m0/s1. The van der Waals surface area contributed by atoms with Gasteiger partial charge in [0.2, 0.25) is 0 Å². The molecule has 1 rings (SSSR count). The molecule has 1 aromatic rings. The molecule has 0 unspecified atom stereocenters. The Morgan fingerprint density at radius 3 is 2.59 bits per heavy atom. The first-order chi connectivity index (χ1) is 8.10. The molecule has 17 heavy (non-hydrogen) atoms. The van der Waals surface area contributed by atoms with Gasteiger partial charge >= 0.3 is 0 Å². The Labute approximate surface area is 104 Å². The highest BCUT2D eigenvalue weighted by atomic mass is 16.5. The monoisotopic (exact) mass is 234 g/mol. The van der Waals surface area contributed by atoms with E-state index in [-0.39, 0.29) is 12.5 Å². The van der Waals surface area contributed by atoms with Crippen LogP contribution in [0.5, 0.6) is 5.75 Å². The third-order valence-electron chi connectivity index (χ3n) is 2.91. The molecule has 0 spiro atoms. The Bertz CT molecular complexity index is 381. The number of hydrogen-bond donors (Lipinski definition) is 1. The fourth-order valence-electron chi connectivity index (χ4n) is 2.01. The third-order valence-corrected chi connectivity index (χ3v) is 2.91. The Kier molecular flexibility index (Phi) is 5.23. The highest BCUT2D eigenvalue weighted by Gasteiger charge is 2.17. The SMILES string of the molecule is COc1ccc(C)cc1[C@@H](/C=C/CO)C(C)C. The summed E-state index contributed by atoms with van der Waals surface area (Å²) < 4.78 is 5.42. The summed E-state index contributed by atoms with van der Waals surface area (Å²) in [6.45, 7) is 6.51. The molecule has 0 radical (unpaired) electrons. The molecule has 1 atom stereocenters. The summed E-state index contributed by atoms with van der Waals surface area (Å²) in [7, 11) is 1.70. The molecule has 0 amide bonds. The van der Waals surface area contributed by atoms with Gasteiger partial charge in [0.05, 0.1) is 13.7 Å². The van der Waals surface area contributed by atoms with E-state index in [4.69, 9.17) is 9.84 Å². The molecule has 0 saturated heterocycles. The number of aliphatic hydroxyl groups excluding tert-OH is 1. The van der Waals surface area contributed by atoms with Crippen molar-refractivity contribution >= 4 is 0 Å². The van der Waals surface area contributed by atoms with E-state index in [1.54, 1.807) is 13.2 Å². The zero-order valence-corrected chi connectivity index (χ0v) is 11.1. The zero-order valence-electron chi connectivity index (χ0n) is 11.1. The fourth-order valence-corrected chi connectivity index (χ4v) is 2.01. The van der Waals surface area contributed by atoms with Crippen LogP contribution in [-0.2, 0) is 0 Å². The fraction of sp³-hybridized carbons (Fsp3) is 0.467. The van der Waals surface area contributed by atoms with Gasteiger partial charge in [-0.2, -0.15) is 0 Å². The number of rotatable bonds is 5. The molecule has 0 saturated carbocycles. The van der Waals surface area contributed by atoms with Crippen molar-refractivity contribution in [2.24, 2.45) is 5.92 Å². The maximum absolute atomic E-state index is 8.91. The minimum Gasteiger partial charge on any atom is -0.496 e. The molecule has 1 aromatic carbocycles. The second kappa shape index (κ2) is 6.45. The number of methoxy groups -OCH3 is 1. The summed E-state index contributed by atoms with van der Waals surface area (Å²) in [4.78, 5) is 0. The summed E-state index contributed by atoms with van der Waals surface area (Å²) in [5, 5.41) is 8.91. The van der Waals surface area contributed by atoms with Crippen molar-refractivity contribution in [3.8, 4) is 5.75 Å². The predicted octanol–water partition coefficient (Wildman–Crippen LogP) is 3.29. The first kappa shape index (κ1) is 13.8. The van der Waals surface area contributed by atoms with E-state index < -0.39 is 0 Å². The van der Waals surface area contributed by atoms with Crippen LogP contribution in [0.25, 0.3) is 0 Å². The number of aryl methyl sites for hydroxylation is 1. The van der Waals surface area contributed by atoms with Crippen LogP contribution in [-0.4, -0.2) is 18.8 Å². The summed E-state index contributed by atoms with van der Waals surface area (Å²) in [6.07, 6.45) is 3.86. The van der Waals surface area contributed by atoms with Crippen LogP contribution in [0.4, 0.5) is 0 Å². The number of ether oxygens (including phenoxy) is 1. The maximum Gasteiger partial charge on any atom is 0.122 e. The lowest BCUT2D eigenvalue weighted by Gasteiger charge is -2.20. The Hall–Kier alpha value is -1.28. The molecule has 2 nitrogen and oxygen atoms in total. The van der Waals surface area contributed by atoms with Crippen LogP contribution in [0.15, 0.2) is 30.4 Å². The van der Waals surface area contributed by atoms with Crippen LogP contribution in [0.2, 0.25) is 0 Å². The molecule has 0 bridgehead atoms. The first-order valence-corrected chi connectivity index (χ1v) is 6.02. The molecule has 0 aliphatic heterocycles. The van der Waals surface area contributed by atoms with Crippen LogP contribution >= 0.6 is 0 Å². The average Bonchev–Trinajstić information content (AvgIpc) is 2.29. The van der Waals surface area contributed by atoms with Gasteiger partial charge in [0.15, 0.2) is 0 Å². The van der Waals surface area contributed by atoms with Crippen molar-refractivity contribution in [2.75, 3.05) is 13.7 Å². The summed E-state index contributed by atoms with van der Waals surface area (Å²) in [6, 6.07) is 6.22. The molecule has 0 fully saturated rings. The van der Waals surface area contributed by atoms with E-state index in [2.05, 4.69) is 39.0 Å². The lowest BCUT2D eigenvalue weighted by atomic mass is 9.86. The molecule has 94 valence electrons. The Morgan fingerprint density at radius 1 is 1.35 bits per heavy atom. The molecule has 0 aliphatic rings. The van der Waals surface area contributed by atoms with Gasteiger partial charge in [0, 0.05) is 11.5 Å². The highest BCUT2D eigenvalue weighted by molar-refractivity contribution is 5.41. The van der Waals surface area contributed by atoms with E-state index in [9.17, 15) is 0 Å². The van der Waals surface area contributed by atoms with Crippen molar-refractivity contribution in [1.82, 2.24) is 0 Å². The van der Waals surface area contributed by atoms with Crippen molar-refractivity contribution in [2.45, 2.75) is 26.7 Å². The quantitative estimate of drug-likeness (QED) is 0.792. The van der Waals surface area contributed by atoms with Crippen molar-refractivity contribution in [3.05, 3.63) is 41.5 Å². The van der Waals surface area contributed by atoms with Gasteiger partial charge in [0.1, 0.15) is 5.75 Å². The molecule has 0 aromatic heterocycles. The second-order valence-corrected chi connectivity index (χ2v) is 4.63. The largest absolute Gasteiger partial charge is 0.496 e. The van der Waals surface area contributed by atoms with Crippen LogP contribution in [0.1, 0.15) is 30.9 Å². The topological polar surface area (TPSA) is 29.5 Å². The normalized spacial score (nSPS) is 13.3. The van der Waals surface area contributed by atoms with Crippen molar-refractivity contribution in [3.63, 3.8) is 0 Å². The summed E-state index contributed by atoms with van der Waals surface area (Å²) >= 11 is 0. The van der Waals surface area contributed by atoms with Crippen LogP contribution in [0.3, 0.4) is 0 Å². The molecule has 0 heterocycles. The summed E-state index contributed by atoms with van der Waals surface area (Å²) in [5.41, 5.74) is 2.41. The number of aliphatic hydroxyl groups is 1. The number of hydrogen-bond acceptors (Lipinski definition) is 2. The van der Waals surface area contributed by atoms with Gasteiger partial charge in [-0.05, 0) is 18.9 Å². The third kappa shape index (κ3) is 3.60. The smallest absolute Gasteiger partial charge is 0.122 e. The van der Waals surface area contributed by atoms with Gasteiger partial charge in [-0.1, -0.05) is 43.7 Å². The van der Waals surface area contributed by atoms with Gasteiger partial charge in [-0.3, -0.25) is 0 Å². The van der Waals surface area contributed by atoms with Gasteiger partial charge in [-0.25, -0.2) is 0 Å². The predicted molar refractivity (Wildman–Crippen MR) is 71.5 cm³/mol. The van der Waals surface area contributed by atoms with E-state index in [1.165, 1.54) is 11.1 Å². The minimum absolute atomic E-state index is 0.0807. The molecular weight excluding hydrogens is 212 g/mol. The van der Waals surface area contributed by atoms with Crippen molar-refractivity contribution in [1.29, 1.82) is 0 Å². The van der Waals surface area contributed by atoms with Gasteiger partial charge in [-0.15, -0.1) is 0 Å². The van der Waals surface area contributed by atoms with Gasteiger partial charge < -0.3 is 9.84 Å². The average molecular weight is 234 g/mol. The molecule has 0 aliphatic carbocycles. The lowest BCUT2D eigenvalue weighted by Crippen LogP contribution is -2.06. The molecular formula is C15H22O2. The molecule has 2 heteroatoms. The highest BCUT2D eigenvalue weighted by Crippen LogP contribution is 2.33. The Morgan fingerprint density at radius 2 is 2.06 bits per heavy atom. The van der Waals surface area contributed by atoms with Gasteiger partial charge in [0.25, 0.3) is 0 Å². The van der Waals surface area contributed by atoms with Crippen molar-refractivity contribution < 1.29 is 9.84 Å². The van der Waals surface area contributed by atoms with E-state index in [0.717, 1.165) is 5.75 Å². The van der Waals surface area contributed by atoms with Crippen LogP contribution in [0, 0.1) is 12.8 Å².